The highest BCUT2D eigenvalue weighted by atomic mass is 16.7. The number of hydrogen-bond donors (Lipinski definition) is 1. The summed E-state index contributed by atoms with van der Waals surface area (Å²) in [4.78, 5) is 4.46. The zero-order valence-electron chi connectivity index (χ0n) is 13.2. The van der Waals surface area contributed by atoms with E-state index in [1.165, 1.54) is 0 Å². The van der Waals surface area contributed by atoms with E-state index in [9.17, 15) is 5.11 Å². The van der Waals surface area contributed by atoms with Gasteiger partial charge in [0.25, 0.3) is 0 Å². The molecule has 5 nitrogen and oxygen atoms in total. The lowest BCUT2D eigenvalue weighted by atomic mass is 10.1. The molecular weight excluding hydrogens is 268 g/mol. The van der Waals surface area contributed by atoms with Gasteiger partial charge in [-0.2, -0.15) is 0 Å². The van der Waals surface area contributed by atoms with Gasteiger partial charge in [0.1, 0.15) is 0 Å². The molecule has 0 radical (unpaired) electrons. The van der Waals surface area contributed by atoms with Crippen LogP contribution in [0.5, 0.6) is 11.5 Å². The Balaban J connectivity index is 1.95. The number of aliphatic hydroxyl groups is 1. The van der Waals surface area contributed by atoms with Crippen LogP contribution < -0.4 is 9.47 Å². The van der Waals surface area contributed by atoms with Crippen molar-refractivity contribution < 1.29 is 14.6 Å². The van der Waals surface area contributed by atoms with Crippen LogP contribution in [0.25, 0.3) is 0 Å². The highest BCUT2D eigenvalue weighted by molar-refractivity contribution is 5.45. The zero-order valence-corrected chi connectivity index (χ0v) is 13.2. The number of fused-ring (bicyclic) bond motifs is 1. The van der Waals surface area contributed by atoms with E-state index < -0.39 is 6.10 Å². The van der Waals surface area contributed by atoms with Gasteiger partial charge in [0.15, 0.2) is 11.5 Å². The molecule has 0 spiro atoms. The van der Waals surface area contributed by atoms with E-state index in [1.807, 2.05) is 18.2 Å². The predicted octanol–water partition coefficient (Wildman–Crippen LogP) is 1.72. The fraction of sp³-hybridized carbons (Fsp3) is 0.625. The molecule has 1 atom stereocenters. The van der Waals surface area contributed by atoms with Gasteiger partial charge in [-0.3, -0.25) is 4.90 Å². The van der Waals surface area contributed by atoms with Gasteiger partial charge in [-0.25, -0.2) is 0 Å². The summed E-state index contributed by atoms with van der Waals surface area (Å²) in [5.41, 5.74) is 0.880. The van der Waals surface area contributed by atoms with E-state index in [2.05, 4.69) is 30.8 Å². The predicted molar refractivity (Wildman–Crippen MR) is 82.8 cm³/mol. The molecular formula is C16H26N2O3. The van der Waals surface area contributed by atoms with Gasteiger partial charge in [0, 0.05) is 19.6 Å². The molecule has 0 fully saturated rings. The number of ether oxygens (including phenoxy) is 2. The van der Waals surface area contributed by atoms with Crippen LogP contribution in [0.1, 0.15) is 25.0 Å². The van der Waals surface area contributed by atoms with Crippen molar-refractivity contribution in [1.29, 1.82) is 0 Å². The number of rotatable bonds is 8. The van der Waals surface area contributed by atoms with Crippen molar-refractivity contribution in [3.05, 3.63) is 23.8 Å². The monoisotopic (exact) mass is 294 g/mol. The first kappa shape index (κ1) is 16.1. The molecule has 1 aromatic rings. The minimum atomic E-state index is -0.506. The molecule has 1 heterocycles. The first-order valence-electron chi connectivity index (χ1n) is 7.55. The van der Waals surface area contributed by atoms with E-state index >= 15 is 0 Å². The van der Waals surface area contributed by atoms with Gasteiger partial charge in [-0.1, -0.05) is 13.0 Å². The second kappa shape index (κ2) is 7.64. The highest BCUT2D eigenvalue weighted by Gasteiger charge is 2.18. The summed E-state index contributed by atoms with van der Waals surface area (Å²) in [5, 5.41) is 10.5. The number of hydrogen-bond acceptors (Lipinski definition) is 5. The van der Waals surface area contributed by atoms with Crippen molar-refractivity contribution in [1.82, 2.24) is 9.80 Å². The molecule has 118 valence electrons. The molecule has 0 aromatic heterocycles. The molecule has 0 saturated carbocycles. The summed E-state index contributed by atoms with van der Waals surface area (Å²) < 4.78 is 10.7. The molecule has 2 rings (SSSR count). The Kier molecular flexibility index (Phi) is 5.85. The Morgan fingerprint density at radius 2 is 1.90 bits per heavy atom. The van der Waals surface area contributed by atoms with Crippen molar-refractivity contribution in [2.24, 2.45) is 0 Å². The van der Waals surface area contributed by atoms with Crippen molar-refractivity contribution >= 4 is 0 Å². The van der Waals surface area contributed by atoms with Crippen molar-refractivity contribution in [3.63, 3.8) is 0 Å². The molecule has 1 unspecified atom stereocenters. The van der Waals surface area contributed by atoms with Crippen LogP contribution in [0.15, 0.2) is 18.2 Å². The fourth-order valence-corrected chi connectivity index (χ4v) is 2.42. The first-order valence-corrected chi connectivity index (χ1v) is 7.55. The normalized spacial score (nSPS) is 15.0. The Hall–Kier alpha value is -1.30. The summed E-state index contributed by atoms with van der Waals surface area (Å²) in [7, 11) is 4.14. The van der Waals surface area contributed by atoms with Gasteiger partial charge in [0.05, 0.1) is 6.10 Å². The Bertz CT molecular complexity index is 451. The third-order valence-corrected chi connectivity index (χ3v) is 3.62. The molecule has 1 aliphatic rings. The van der Waals surface area contributed by atoms with Crippen molar-refractivity contribution in [2.45, 2.75) is 19.4 Å². The quantitative estimate of drug-likeness (QED) is 0.791. The van der Waals surface area contributed by atoms with Gasteiger partial charge in [0.2, 0.25) is 6.79 Å². The van der Waals surface area contributed by atoms with Crippen LogP contribution in [0, 0.1) is 0 Å². The Morgan fingerprint density at radius 3 is 2.62 bits per heavy atom. The number of nitrogens with zero attached hydrogens (tertiary/aromatic N) is 2. The molecule has 1 N–H and O–H groups in total. The van der Waals surface area contributed by atoms with Crippen LogP contribution >= 0.6 is 0 Å². The summed E-state index contributed by atoms with van der Waals surface area (Å²) in [6, 6.07) is 5.65. The molecule has 21 heavy (non-hydrogen) atoms. The van der Waals surface area contributed by atoms with Crippen LogP contribution in [0.3, 0.4) is 0 Å². The molecule has 0 saturated heterocycles. The Labute approximate surface area is 127 Å². The van der Waals surface area contributed by atoms with Gasteiger partial charge >= 0.3 is 0 Å². The summed E-state index contributed by atoms with van der Waals surface area (Å²) >= 11 is 0. The summed E-state index contributed by atoms with van der Waals surface area (Å²) in [5.74, 6) is 1.48. The zero-order chi connectivity index (χ0) is 15.2. The maximum atomic E-state index is 10.5. The summed E-state index contributed by atoms with van der Waals surface area (Å²) in [6.07, 6.45) is 0.578. The van der Waals surface area contributed by atoms with Gasteiger partial charge in [-0.05, 0) is 44.8 Å². The Morgan fingerprint density at radius 1 is 1.14 bits per heavy atom. The lowest BCUT2D eigenvalue weighted by Gasteiger charge is -2.26. The SMILES string of the molecule is CCCN(CCN(C)C)CC(O)c1ccc2c(c1)OCO2. The number of likely N-dealkylation sites (N-methyl/N-ethyl adjacent to an activating group) is 1. The molecule has 0 aliphatic carbocycles. The average molecular weight is 294 g/mol. The topological polar surface area (TPSA) is 45.2 Å². The van der Waals surface area contributed by atoms with E-state index in [4.69, 9.17) is 9.47 Å². The number of aliphatic hydroxyl groups excluding tert-OH is 1. The van der Waals surface area contributed by atoms with E-state index in [0.29, 0.717) is 6.54 Å². The molecule has 0 bridgehead atoms. The van der Waals surface area contributed by atoms with Crippen LogP contribution in [0.2, 0.25) is 0 Å². The summed E-state index contributed by atoms with van der Waals surface area (Å²) in [6.45, 7) is 6.02. The maximum absolute atomic E-state index is 10.5. The smallest absolute Gasteiger partial charge is 0.231 e. The minimum absolute atomic E-state index is 0.264. The van der Waals surface area contributed by atoms with Gasteiger partial charge in [-0.15, -0.1) is 0 Å². The van der Waals surface area contributed by atoms with E-state index in [1.54, 1.807) is 0 Å². The fourth-order valence-electron chi connectivity index (χ4n) is 2.42. The molecule has 0 amide bonds. The standard InChI is InChI=1S/C16H26N2O3/c1-4-7-18(9-8-17(2)3)11-14(19)13-5-6-15-16(10-13)21-12-20-15/h5-6,10,14,19H,4,7-9,11-12H2,1-3H3. The second-order valence-electron chi connectivity index (χ2n) is 5.73. The van der Waals surface area contributed by atoms with Crippen molar-refractivity contribution in [3.8, 4) is 11.5 Å². The largest absolute Gasteiger partial charge is 0.454 e. The molecule has 1 aromatic carbocycles. The lowest BCUT2D eigenvalue weighted by molar-refractivity contribution is 0.108. The van der Waals surface area contributed by atoms with Crippen LogP contribution in [-0.4, -0.2) is 62.0 Å². The molecule has 5 heteroatoms. The highest BCUT2D eigenvalue weighted by Crippen LogP contribution is 2.34. The third-order valence-electron chi connectivity index (χ3n) is 3.62. The second-order valence-corrected chi connectivity index (χ2v) is 5.73. The lowest BCUT2D eigenvalue weighted by Crippen LogP contribution is -2.35. The van der Waals surface area contributed by atoms with Crippen LogP contribution in [0.4, 0.5) is 0 Å². The minimum Gasteiger partial charge on any atom is -0.454 e. The number of benzene rings is 1. The van der Waals surface area contributed by atoms with E-state index in [-0.39, 0.29) is 6.79 Å². The first-order chi connectivity index (χ1) is 10.1. The van der Waals surface area contributed by atoms with Gasteiger partial charge < -0.3 is 19.5 Å². The maximum Gasteiger partial charge on any atom is 0.231 e. The average Bonchev–Trinajstić information content (AvgIpc) is 2.92. The van der Waals surface area contributed by atoms with Crippen molar-refractivity contribution in [2.75, 3.05) is 47.1 Å². The molecule has 1 aliphatic heterocycles. The van der Waals surface area contributed by atoms with Crippen LogP contribution in [-0.2, 0) is 0 Å². The third kappa shape index (κ3) is 4.59. The van der Waals surface area contributed by atoms with E-state index in [0.717, 1.165) is 43.1 Å².